The van der Waals surface area contributed by atoms with Gasteiger partial charge in [-0.2, -0.15) is 13.2 Å². The largest absolute Gasteiger partial charge is 0.416 e. The molecule has 0 spiro atoms. The number of terminal acetylenes is 1. The first-order chi connectivity index (χ1) is 8.43. The summed E-state index contributed by atoms with van der Waals surface area (Å²) in [6.45, 7) is 0.407. The fourth-order valence-electron chi connectivity index (χ4n) is 1.38. The van der Waals surface area contributed by atoms with Gasteiger partial charge in [0.2, 0.25) is 0 Å². The number of ketones is 1. The Balaban J connectivity index is 2.54. The molecule has 0 aliphatic rings. The summed E-state index contributed by atoms with van der Waals surface area (Å²) in [4.78, 5) is 11.4. The summed E-state index contributed by atoms with van der Waals surface area (Å²) in [7, 11) is 0. The van der Waals surface area contributed by atoms with Gasteiger partial charge in [-0.25, -0.2) is 0 Å². The van der Waals surface area contributed by atoms with Crippen LogP contribution < -0.4 is 5.32 Å². The average Bonchev–Trinajstić information content (AvgIpc) is 2.29. The molecule has 0 aromatic heterocycles. The summed E-state index contributed by atoms with van der Waals surface area (Å²) < 4.78 is 36.9. The minimum Gasteiger partial charge on any atom is -0.299 e. The third-order valence-corrected chi connectivity index (χ3v) is 2.23. The second kappa shape index (κ2) is 6.22. The van der Waals surface area contributed by atoms with E-state index in [4.69, 9.17) is 6.42 Å². The number of alkyl halides is 3. The van der Waals surface area contributed by atoms with Crippen LogP contribution in [0.15, 0.2) is 24.3 Å². The molecule has 1 N–H and O–H groups in total. The first-order valence-electron chi connectivity index (χ1n) is 5.25. The maximum absolute atomic E-state index is 12.3. The Hall–Kier alpha value is -1.80. The van der Waals surface area contributed by atoms with Crippen molar-refractivity contribution in [3.05, 3.63) is 35.4 Å². The van der Waals surface area contributed by atoms with Crippen LogP contribution in [0.1, 0.15) is 11.1 Å². The number of benzene rings is 1. The van der Waals surface area contributed by atoms with Crippen molar-refractivity contribution >= 4 is 5.78 Å². The van der Waals surface area contributed by atoms with Crippen LogP contribution in [-0.4, -0.2) is 18.9 Å². The number of carbonyl (C=O) groups excluding carboxylic acids is 1. The summed E-state index contributed by atoms with van der Waals surface area (Å²) in [5.41, 5.74) is -0.167. The molecule has 0 saturated heterocycles. The second-order valence-corrected chi connectivity index (χ2v) is 3.72. The van der Waals surface area contributed by atoms with Crippen LogP contribution in [0.25, 0.3) is 0 Å². The zero-order valence-electron chi connectivity index (χ0n) is 9.55. The number of Topliss-reactive ketones (excluding diaryl/α,β-unsaturated/α-hetero) is 1. The minimum absolute atomic E-state index is 0.0930. The van der Waals surface area contributed by atoms with Gasteiger partial charge in [-0.3, -0.25) is 10.1 Å². The Labute approximate surface area is 103 Å². The summed E-state index contributed by atoms with van der Waals surface area (Å²) in [6.07, 6.45) is 0.737. The molecule has 2 nitrogen and oxygen atoms in total. The maximum Gasteiger partial charge on any atom is 0.416 e. The molecule has 1 rings (SSSR count). The molecule has 18 heavy (non-hydrogen) atoms. The molecule has 1 aromatic rings. The number of hydrogen-bond acceptors (Lipinski definition) is 2. The van der Waals surface area contributed by atoms with E-state index in [-0.39, 0.29) is 18.7 Å². The molecular weight excluding hydrogens is 243 g/mol. The third kappa shape index (κ3) is 4.60. The first kappa shape index (κ1) is 14.3. The highest BCUT2D eigenvalue weighted by Crippen LogP contribution is 2.29. The van der Waals surface area contributed by atoms with Gasteiger partial charge >= 0.3 is 6.18 Å². The minimum atomic E-state index is -4.35. The summed E-state index contributed by atoms with van der Waals surface area (Å²) in [6, 6.07) is 4.55. The third-order valence-electron chi connectivity index (χ3n) is 2.23. The normalized spacial score (nSPS) is 11.0. The summed E-state index contributed by atoms with van der Waals surface area (Å²) >= 11 is 0. The van der Waals surface area contributed by atoms with Gasteiger partial charge in [0.1, 0.15) is 0 Å². The Bertz CT molecular complexity index is 443. The molecule has 0 amide bonds. The van der Waals surface area contributed by atoms with Crippen LogP contribution in [0.2, 0.25) is 0 Å². The molecule has 1 aromatic carbocycles. The predicted octanol–water partition coefficient (Wildman–Crippen LogP) is 2.04. The lowest BCUT2D eigenvalue weighted by Gasteiger charge is -2.07. The molecular formula is C13H12F3NO. The lowest BCUT2D eigenvalue weighted by atomic mass is 10.1. The van der Waals surface area contributed by atoms with E-state index in [1.54, 1.807) is 0 Å². The van der Waals surface area contributed by atoms with Crippen LogP contribution in [-0.2, 0) is 17.4 Å². The highest BCUT2D eigenvalue weighted by molar-refractivity contribution is 5.82. The van der Waals surface area contributed by atoms with Crippen molar-refractivity contribution in [2.45, 2.75) is 12.6 Å². The van der Waals surface area contributed by atoms with Crippen LogP contribution in [0.5, 0.6) is 0 Å². The highest BCUT2D eigenvalue weighted by atomic mass is 19.4. The molecule has 0 aliphatic carbocycles. The van der Waals surface area contributed by atoms with Crippen LogP contribution in [0, 0.1) is 12.3 Å². The molecule has 0 saturated carbocycles. The molecule has 0 unspecified atom stereocenters. The van der Waals surface area contributed by atoms with Gasteiger partial charge < -0.3 is 0 Å². The van der Waals surface area contributed by atoms with E-state index in [2.05, 4.69) is 11.2 Å². The lowest BCUT2D eigenvalue weighted by molar-refractivity contribution is -0.137. The van der Waals surface area contributed by atoms with Crippen molar-refractivity contribution in [1.29, 1.82) is 0 Å². The van der Waals surface area contributed by atoms with Crippen LogP contribution in [0.3, 0.4) is 0 Å². The topological polar surface area (TPSA) is 29.1 Å². The lowest BCUT2D eigenvalue weighted by Crippen LogP contribution is -2.24. The fourth-order valence-corrected chi connectivity index (χ4v) is 1.38. The number of carbonyl (C=O) groups is 1. The second-order valence-electron chi connectivity index (χ2n) is 3.72. The van der Waals surface area contributed by atoms with Gasteiger partial charge in [-0.15, -0.1) is 6.42 Å². The van der Waals surface area contributed by atoms with Gasteiger partial charge in [-0.05, 0) is 17.7 Å². The van der Waals surface area contributed by atoms with E-state index >= 15 is 0 Å². The van der Waals surface area contributed by atoms with E-state index in [1.807, 2.05) is 0 Å². The number of nitrogens with one attached hydrogen (secondary N) is 1. The van der Waals surface area contributed by atoms with Crippen molar-refractivity contribution in [3.8, 4) is 12.3 Å². The molecule has 96 valence electrons. The van der Waals surface area contributed by atoms with Gasteiger partial charge in [0, 0.05) is 6.42 Å². The Morgan fingerprint density at radius 2 is 1.89 bits per heavy atom. The molecule has 0 heterocycles. The quantitative estimate of drug-likeness (QED) is 0.644. The van der Waals surface area contributed by atoms with Gasteiger partial charge in [-0.1, -0.05) is 18.1 Å². The Kier molecular flexibility index (Phi) is 4.93. The zero-order valence-corrected chi connectivity index (χ0v) is 9.55. The molecule has 0 fully saturated rings. The summed E-state index contributed by atoms with van der Waals surface area (Å²) in [5, 5.41) is 2.73. The molecule has 0 atom stereocenters. The predicted molar refractivity (Wildman–Crippen MR) is 61.9 cm³/mol. The van der Waals surface area contributed by atoms with Crippen LogP contribution in [0.4, 0.5) is 13.2 Å². The van der Waals surface area contributed by atoms with Crippen molar-refractivity contribution in [3.63, 3.8) is 0 Å². The highest BCUT2D eigenvalue weighted by Gasteiger charge is 2.29. The molecule has 0 aliphatic heterocycles. The van der Waals surface area contributed by atoms with E-state index in [0.29, 0.717) is 12.1 Å². The SMILES string of the molecule is C#CCNCC(=O)Cc1ccc(C(F)(F)F)cc1. The number of halogens is 3. The van der Waals surface area contributed by atoms with Crippen LogP contribution >= 0.6 is 0 Å². The van der Waals surface area contributed by atoms with E-state index in [0.717, 1.165) is 12.1 Å². The van der Waals surface area contributed by atoms with E-state index in [9.17, 15) is 18.0 Å². The first-order valence-corrected chi connectivity index (χ1v) is 5.25. The Morgan fingerprint density at radius 1 is 1.28 bits per heavy atom. The molecule has 5 heteroatoms. The summed E-state index contributed by atoms with van der Waals surface area (Å²) in [5.74, 6) is 2.20. The zero-order chi connectivity index (χ0) is 13.6. The maximum atomic E-state index is 12.3. The van der Waals surface area contributed by atoms with Crippen molar-refractivity contribution in [2.24, 2.45) is 0 Å². The smallest absolute Gasteiger partial charge is 0.299 e. The number of rotatable bonds is 5. The van der Waals surface area contributed by atoms with Crippen molar-refractivity contribution in [2.75, 3.05) is 13.1 Å². The van der Waals surface area contributed by atoms with E-state index in [1.165, 1.54) is 12.1 Å². The van der Waals surface area contributed by atoms with E-state index < -0.39 is 11.7 Å². The number of hydrogen-bond donors (Lipinski definition) is 1. The standard InChI is InChI=1S/C13H12F3NO/c1-2-7-17-9-12(18)8-10-3-5-11(6-4-10)13(14,15)16/h1,3-6,17H,7-9H2. The monoisotopic (exact) mass is 255 g/mol. The average molecular weight is 255 g/mol. The fraction of sp³-hybridized carbons (Fsp3) is 0.308. The van der Waals surface area contributed by atoms with Gasteiger partial charge in [0.15, 0.2) is 5.78 Å². The van der Waals surface area contributed by atoms with Crippen molar-refractivity contribution < 1.29 is 18.0 Å². The van der Waals surface area contributed by atoms with Gasteiger partial charge in [0.25, 0.3) is 0 Å². The Morgan fingerprint density at radius 3 is 2.39 bits per heavy atom. The molecule has 0 radical (unpaired) electrons. The van der Waals surface area contributed by atoms with Gasteiger partial charge in [0.05, 0.1) is 18.7 Å². The molecule has 0 bridgehead atoms. The van der Waals surface area contributed by atoms with Crippen molar-refractivity contribution in [1.82, 2.24) is 5.32 Å².